The highest BCUT2D eigenvalue weighted by atomic mass is 35.5. The number of hydrogen-bond acceptors (Lipinski definition) is 4. The number of thiophene rings is 1. The third kappa shape index (κ3) is 6.55. The zero-order valence-corrected chi connectivity index (χ0v) is 15.5. The first-order valence-electron chi connectivity index (χ1n) is 7.56. The lowest BCUT2D eigenvalue weighted by molar-refractivity contribution is -0.120. The summed E-state index contributed by atoms with van der Waals surface area (Å²) in [6, 6.07) is 11.0. The summed E-state index contributed by atoms with van der Waals surface area (Å²) in [5.41, 5.74) is 0.421. The summed E-state index contributed by atoms with van der Waals surface area (Å²) < 4.78 is 0. The highest BCUT2D eigenvalue weighted by Gasteiger charge is 2.09. The molecule has 2 N–H and O–H groups in total. The van der Waals surface area contributed by atoms with Crippen molar-refractivity contribution in [2.75, 3.05) is 18.8 Å². The minimum Gasteiger partial charge on any atom is -0.355 e. The summed E-state index contributed by atoms with van der Waals surface area (Å²) >= 11 is 9.49. The minimum absolute atomic E-state index is 0.0637. The molecule has 0 aliphatic carbocycles. The van der Waals surface area contributed by atoms with Crippen molar-refractivity contribution in [2.24, 2.45) is 0 Å². The lowest BCUT2D eigenvalue weighted by atomic mass is 10.2. The second-order valence-corrected chi connectivity index (χ2v) is 7.51. The van der Waals surface area contributed by atoms with Gasteiger partial charge >= 0.3 is 0 Å². The molecule has 2 rings (SSSR count). The van der Waals surface area contributed by atoms with Crippen LogP contribution >= 0.6 is 34.7 Å². The van der Waals surface area contributed by atoms with Crippen LogP contribution in [0, 0.1) is 0 Å². The quantitative estimate of drug-likeness (QED) is 0.652. The Morgan fingerprint density at radius 1 is 1.08 bits per heavy atom. The van der Waals surface area contributed by atoms with Crippen LogP contribution in [0.15, 0.2) is 41.8 Å². The molecule has 0 aliphatic heterocycles. The van der Waals surface area contributed by atoms with Gasteiger partial charge in [-0.2, -0.15) is 11.8 Å². The van der Waals surface area contributed by atoms with Crippen LogP contribution in [0.2, 0.25) is 5.02 Å². The van der Waals surface area contributed by atoms with E-state index in [2.05, 4.69) is 22.1 Å². The largest absolute Gasteiger partial charge is 0.355 e. The van der Waals surface area contributed by atoms with Gasteiger partial charge in [0.15, 0.2) is 0 Å². The van der Waals surface area contributed by atoms with E-state index in [0.717, 1.165) is 11.5 Å². The molecule has 4 nitrogen and oxygen atoms in total. The van der Waals surface area contributed by atoms with E-state index in [1.54, 1.807) is 47.4 Å². The van der Waals surface area contributed by atoms with Gasteiger partial charge in [0.1, 0.15) is 0 Å². The van der Waals surface area contributed by atoms with Crippen molar-refractivity contribution in [3.8, 4) is 0 Å². The van der Waals surface area contributed by atoms with Crippen molar-refractivity contribution >= 4 is 46.5 Å². The monoisotopic (exact) mass is 382 g/mol. The predicted octanol–water partition coefficient (Wildman–Crippen LogP) is 3.57. The highest BCUT2D eigenvalue weighted by Crippen LogP contribution is 2.16. The van der Waals surface area contributed by atoms with E-state index >= 15 is 0 Å². The maximum absolute atomic E-state index is 11.9. The number of carbonyl (C=O) groups excluding carboxylic acids is 2. The molecular formula is C17H19ClN2O2S2. The van der Waals surface area contributed by atoms with Crippen LogP contribution in [0.3, 0.4) is 0 Å². The van der Waals surface area contributed by atoms with Crippen molar-refractivity contribution in [1.29, 1.82) is 0 Å². The fraction of sp³-hybridized carbons (Fsp3) is 0.294. The summed E-state index contributed by atoms with van der Waals surface area (Å²) in [5, 5.41) is 8.03. The zero-order valence-electron chi connectivity index (χ0n) is 13.1. The molecule has 0 bridgehead atoms. The Labute approximate surface area is 155 Å². The van der Waals surface area contributed by atoms with E-state index in [9.17, 15) is 9.59 Å². The molecule has 2 aromatic rings. The van der Waals surface area contributed by atoms with Gasteiger partial charge in [0, 0.05) is 35.9 Å². The Hall–Kier alpha value is -1.50. The molecule has 128 valence electrons. The number of carbonyl (C=O) groups is 2. The number of nitrogens with one attached hydrogen (secondary N) is 2. The standard InChI is InChI=1S/C17H19ClN2O2S2/c18-15-6-2-1-5-14(15)17(22)20-8-7-16(21)19-9-11-23-12-13-4-3-10-24-13/h1-6,10H,7-9,11-12H2,(H,19,21)(H,20,22). The predicted molar refractivity (Wildman–Crippen MR) is 102 cm³/mol. The number of hydrogen-bond donors (Lipinski definition) is 2. The Balaban J connectivity index is 1.55. The van der Waals surface area contributed by atoms with E-state index in [4.69, 9.17) is 11.6 Å². The van der Waals surface area contributed by atoms with Gasteiger partial charge in [0.05, 0.1) is 10.6 Å². The van der Waals surface area contributed by atoms with Gasteiger partial charge in [0.2, 0.25) is 5.91 Å². The van der Waals surface area contributed by atoms with E-state index in [1.807, 2.05) is 6.07 Å². The molecule has 1 aromatic carbocycles. The summed E-state index contributed by atoms with van der Waals surface area (Å²) in [7, 11) is 0. The lowest BCUT2D eigenvalue weighted by Gasteiger charge is -2.07. The Morgan fingerprint density at radius 2 is 1.92 bits per heavy atom. The van der Waals surface area contributed by atoms with Crippen molar-refractivity contribution in [3.63, 3.8) is 0 Å². The summed E-state index contributed by atoms with van der Waals surface area (Å²) in [6.07, 6.45) is 0.256. The van der Waals surface area contributed by atoms with Crippen LogP contribution in [-0.2, 0) is 10.5 Å². The summed E-state index contributed by atoms with van der Waals surface area (Å²) in [5.74, 6) is 1.52. The maximum Gasteiger partial charge on any atom is 0.252 e. The van der Waals surface area contributed by atoms with Crippen molar-refractivity contribution in [1.82, 2.24) is 10.6 Å². The average Bonchev–Trinajstić information content (AvgIpc) is 3.08. The van der Waals surface area contributed by atoms with E-state index in [0.29, 0.717) is 17.1 Å². The molecule has 0 spiro atoms. The van der Waals surface area contributed by atoms with E-state index in [1.165, 1.54) is 4.88 Å². The van der Waals surface area contributed by atoms with Gasteiger partial charge in [-0.25, -0.2) is 0 Å². The lowest BCUT2D eigenvalue weighted by Crippen LogP contribution is -2.31. The minimum atomic E-state index is -0.264. The second kappa shape index (κ2) is 10.4. The summed E-state index contributed by atoms with van der Waals surface area (Å²) in [4.78, 5) is 25.0. The number of amides is 2. The van der Waals surface area contributed by atoms with Crippen LogP contribution in [0.5, 0.6) is 0 Å². The third-order valence-electron chi connectivity index (χ3n) is 3.15. The van der Waals surface area contributed by atoms with Gasteiger partial charge in [0.25, 0.3) is 5.91 Å². The average molecular weight is 383 g/mol. The van der Waals surface area contributed by atoms with Crippen LogP contribution in [0.25, 0.3) is 0 Å². The van der Waals surface area contributed by atoms with Gasteiger partial charge < -0.3 is 10.6 Å². The summed E-state index contributed by atoms with van der Waals surface area (Å²) in [6.45, 7) is 0.922. The van der Waals surface area contributed by atoms with E-state index in [-0.39, 0.29) is 24.8 Å². The first-order chi connectivity index (χ1) is 11.7. The SMILES string of the molecule is O=C(CCNC(=O)c1ccccc1Cl)NCCSCc1cccs1. The fourth-order valence-electron chi connectivity index (χ4n) is 1.95. The Morgan fingerprint density at radius 3 is 2.67 bits per heavy atom. The van der Waals surface area contributed by atoms with Gasteiger partial charge in [-0.3, -0.25) is 9.59 Å². The molecule has 0 atom stereocenters. The molecule has 1 aromatic heterocycles. The molecule has 2 amide bonds. The molecule has 0 fully saturated rings. The van der Waals surface area contributed by atoms with Crippen LogP contribution in [-0.4, -0.2) is 30.7 Å². The molecule has 0 saturated heterocycles. The molecule has 0 radical (unpaired) electrons. The highest BCUT2D eigenvalue weighted by molar-refractivity contribution is 7.98. The van der Waals surface area contributed by atoms with Crippen LogP contribution in [0.4, 0.5) is 0 Å². The smallest absolute Gasteiger partial charge is 0.252 e. The molecule has 0 aliphatic rings. The number of rotatable bonds is 9. The number of halogens is 1. The fourth-order valence-corrected chi connectivity index (χ4v) is 3.87. The first kappa shape index (κ1) is 18.8. The Kier molecular flexibility index (Phi) is 8.15. The molecule has 0 unspecified atom stereocenters. The normalized spacial score (nSPS) is 10.4. The van der Waals surface area contributed by atoms with Gasteiger partial charge in [-0.1, -0.05) is 29.8 Å². The van der Waals surface area contributed by atoms with Crippen molar-refractivity contribution in [2.45, 2.75) is 12.2 Å². The van der Waals surface area contributed by atoms with Crippen LogP contribution in [0.1, 0.15) is 21.7 Å². The van der Waals surface area contributed by atoms with Crippen molar-refractivity contribution in [3.05, 3.63) is 57.2 Å². The first-order valence-corrected chi connectivity index (χ1v) is 9.97. The van der Waals surface area contributed by atoms with Crippen molar-refractivity contribution < 1.29 is 9.59 Å². The van der Waals surface area contributed by atoms with Gasteiger partial charge in [-0.05, 0) is 23.6 Å². The molecular weight excluding hydrogens is 364 g/mol. The van der Waals surface area contributed by atoms with Crippen LogP contribution < -0.4 is 10.6 Å². The number of thioether (sulfide) groups is 1. The molecule has 24 heavy (non-hydrogen) atoms. The topological polar surface area (TPSA) is 58.2 Å². The maximum atomic E-state index is 11.9. The van der Waals surface area contributed by atoms with Gasteiger partial charge in [-0.15, -0.1) is 11.3 Å². The Bertz CT molecular complexity index is 662. The molecule has 0 saturated carbocycles. The third-order valence-corrected chi connectivity index (χ3v) is 5.55. The zero-order chi connectivity index (χ0) is 17.2. The number of benzene rings is 1. The van der Waals surface area contributed by atoms with E-state index < -0.39 is 0 Å². The molecule has 1 heterocycles. The second-order valence-electron chi connectivity index (χ2n) is 4.97. The molecule has 7 heteroatoms.